The summed E-state index contributed by atoms with van der Waals surface area (Å²) in [6.45, 7) is 3.49. The predicted molar refractivity (Wildman–Crippen MR) is 72.7 cm³/mol. The molecule has 106 valence electrons. The van der Waals surface area contributed by atoms with Gasteiger partial charge in [-0.25, -0.2) is 0 Å². The average molecular weight is 275 g/mol. The van der Waals surface area contributed by atoms with Gasteiger partial charge in [0.15, 0.2) is 0 Å². The van der Waals surface area contributed by atoms with E-state index >= 15 is 0 Å². The molecule has 0 fully saturated rings. The van der Waals surface area contributed by atoms with Crippen LogP contribution in [0.15, 0.2) is 35.2 Å². The summed E-state index contributed by atoms with van der Waals surface area (Å²) < 4.78 is 9.82. The highest BCUT2D eigenvalue weighted by atomic mass is 16.5. The lowest BCUT2D eigenvalue weighted by Crippen LogP contribution is -2.23. The molecule has 6 nitrogen and oxygen atoms in total. The van der Waals surface area contributed by atoms with Crippen LogP contribution < -0.4 is 5.32 Å². The molecule has 1 amide bonds. The number of rotatable bonds is 7. The molecular weight excluding hydrogens is 258 g/mol. The van der Waals surface area contributed by atoms with Crippen molar-refractivity contribution in [2.75, 3.05) is 13.2 Å². The highest BCUT2D eigenvalue weighted by Crippen LogP contribution is 2.14. The van der Waals surface area contributed by atoms with Crippen LogP contribution in [0.25, 0.3) is 11.4 Å². The minimum atomic E-state index is -0.0132. The Morgan fingerprint density at radius 3 is 2.80 bits per heavy atom. The Bertz CT molecular complexity index is 523. The van der Waals surface area contributed by atoms with E-state index in [0.717, 1.165) is 11.1 Å². The number of hydrogen-bond acceptors (Lipinski definition) is 5. The van der Waals surface area contributed by atoms with E-state index in [1.54, 1.807) is 0 Å². The van der Waals surface area contributed by atoms with Crippen LogP contribution in [0.1, 0.15) is 18.9 Å². The molecule has 6 heteroatoms. The van der Waals surface area contributed by atoms with Gasteiger partial charge in [0.1, 0.15) is 0 Å². The lowest BCUT2D eigenvalue weighted by molar-refractivity contribution is -0.122. The molecule has 1 N–H and O–H groups in total. The van der Waals surface area contributed by atoms with Crippen molar-refractivity contribution in [3.05, 3.63) is 36.2 Å². The monoisotopic (exact) mass is 275 g/mol. The first kappa shape index (κ1) is 14.2. The molecule has 0 radical (unpaired) electrons. The van der Waals surface area contributed by atoms with Crippen molar-refractivity contribution in [2.24, 2.45) is 0 Å². The van der Waals surface area contributed by atoms with Gasteiger partial charge in [0.05, 0.1) is 6.61 Å². The normalized spacial score (nSPS) is 10.4. The fraction of sp³-hybridized carbons (Fsp3) is 0.357. The maximum absolute atomic E-state index is 11.5. The largest absolute Gasteiger partial charge is 0.381 e. The van der Waals surface area contributed by atoms with Crippen LogP contribution in [0.4, 0.5) is 0 Å². The van der Waals surface area contributed by atoms with Crippen molar-refractivity contribution in [1.82, 2.24) is 15.5 Å². The Balaban J connectivity index is 1.81. The molecule has 0 saturated carbocycles. The summed E-state index contributed by atoms with van der Waals surface area (Å²) in [6, 6.07) is 7.64. The summed E-state index contributed by atoms with van der Waals surface area (Å²) >= 11 is 0. The van der Waals surface area contributed by atoms with E-state index < -0.39 is 0 Å². The molecule has 0 aliphatic rings. The summed E-state index contributed by atoms with van der Waals surface area (Å²) in [5, 5.41) is 6.61. The molecule has 1 heterocycles. The number of hydrogen-bond donors (Lipinski definition) is 1. The number of aromatic nitrogens is 2. The molecule has 0 spiro atoms. The van der Waals surface area contributed by atoms with Crippen LogP contribution in [0.3, 0.4) is 0 Å². The molecule has 0 saturated heterocycles. The fourth-order valence-corrected chi connectivity index (χ4v) is 1.67. The van der Waals surface area contributed by atoms with Crippen molar-refractivity contribution >= 4 is 5.91 Å². The molecule has 2 aromatic rings. The molecule has 2 rings (SSSR count). The molecule has 0 aliphatic carbocycles. The van der Waals surface area contributed by atoms with Crippen LogP contribution in [-0.4, -0.2) is 29.3 Å². The van der Waals surface area contributed by atoms with E-state index in [2.05, 4.69) is 15.5 Å². The Kier molecular flexibility index (Phi) is 5.25. The number of carbonyl (C=O) groups is 1. The lowest BCUT2D eigenvalue weighted by atomic mass is 10.1. The van der Waals surface area contributed by atoms with Crippen molar-refractivity contribution in [1.29, 1.82) is 0 Å². The third-order valence-electron chi connectivity index (χ3n) is 2.74. The average Bonchev–Trinajstić information content (AvgIpc) is 3.00. The summed E-state index contributed by atoms with van der Waals surface area (Å²) in [5.41, 5.74) is 1.90. The number of amides is 1. The number of carbonyl (C=O) groups excluding carboxylic acids is 1. The van der Waals surface area contributed by atoms with Crippen molar-refractivity contribution in [2.45, 2.75) is 19.9 Å². The second kappa shape index (κ2) is 7.40. The molecule has 0 atom stereocenters. The van der Waals surface area contributed by atoms with Crippen molar-refractivity contribution in [3.8, 4) is 11.4 Å². The first-order valence-electron chi connectivity index (χ1n) is 6.49. The topological polar surface area (TPSA) is 77.2 Å². The van der Waals surface area contributed by atoms with Gasteiger partial charge >= 0.3 is 0 Å². The zero-order chi connectivity index (χ0) is 14.2. The highest BCUT2D eigenvalue weighted by Gasteiger charge is 2.04. The van der Waals surface area contributed by atoms with Crippen LogP contribution >= 0.6 is 0 Å². The Labute approximate surface area is 117 Å². The SMILES string of the molecule is CCOCCC(=O)NCc1ccc(-c2ncon2)cc1. The lowest BCUT2D eigenvalue weighted by Gasteiger charge is -2.06. The maximum Gasteiger partial charge on any atom is 0.222 e. The van der Waals surface area contributed by atoms with Crippen molar-refractivity contribution < 1.29 is 14.1 Å². The Morgan fingerprint density at radius 1 is 1.35 bits per heavy atom. The second-order valence-corrected chi connectivity index (χ2v) is 4.18. The van der Waals surface area contributed by atoms with E-state index in [4.69, 9.17) is 9.26 Å². The first-order chi connectivity index (χ1) is 9.79. The van der Waals surface area contributed by atoms with Gasteiger partial charge in [-0.3, -0.25) is 4.79 Å². The summed E-state index contributed by atoms with van der Waals surface area (Å²) in [5.74, 6) is 0.540. The minimum absolute atomic E-state index is 0.0132. The smallest absolute Gasteiger partial charge is 0.222 e. The fourth-order valence-electron chi connectivity index (χ4n) is 1.67. The molecule has 20 heavy (non-hydrogen) atoms. The van der Waals surface area contributed by atoms with E-state index in [1.807, 2.05) is 31.2 Å². The Morgan fingerprint density at radius 2 is 2.15 bits per heavy atom. The molecule has 0 bridgehead atoms. The first-order valence-corrected chi connectivity index (χ1v) is 6.49. The number of nitrogens with one attached hydrogen (secondary N) is 1. The third kappa shape index (κ3) is 4.17. The van der Waals surface area contributed by atoms with Gasteiger partial charge in [0.25, 0.3) is 0 Å². The van der Waals surface area contributed by atoms with E-state index in [-0.39, 0.29) is 5.91 Å². The molecule has 1 aromatic heterocycles. The Hall–Kier alpha value is -2.21. The molecule has 0 unspecified atom stereocenters. The summed E-state index contributed by atoms with van der Waals surface area (Å²) in [7, 11) is 0. The number of nitrogens with zero attached hydrogens (tertiary/aromatic N) is 2. The quantitative estimate of drug-likeness (QED) is 0.779. The second-order valence-electron chi connectivity index (χ2n) is 4.18. The zero-order valence-electron chi connectivity index (χ0n) is 11.3. The van der Waals surface area contributed by atoms with Gasteiger partial charge in [-0.2, -0.15) is 4.98 Å². The number of benzene rings is 1. The van der Waals surface area contributed by atoms with Gasteiger partial charge in [-0.1, -0.05) is 29.4 Å². The van der Waals surface area contributed by atoms with Crippen LogP contribution in [0.5, 0.6) is 0 Å². The van der Waals surface area contributed by atoms with E-state index in [1.165, 1.54) is 6.39 Å². The third-order valence-corrected chi connectivity index (χ3v) is 2.74. The van der Waals surface area contributed by atoms with Gasteiger partial charge in [-0.05, 0) is 12.5 Å². The van der Waals surface area contributed by atoms with Gasteiger partial charge in [0, 0.05) is 25.1 Å². The van der Waals surface area contributed by atoms with Crippen LogP contribution in [0, 0.1) is 0 Å². The zero-order valence-corrected chi connectivity index (χ0v) is 11.3. The van der Waals surface area contributed by atoms with Crippen LogP contribution in [0.2, 0.25) is 0 Å². The van der Waals surface area contributed by atoms with Gasteiger partial charge < -0.3 is 14.6 Å². The van der Waals surface area contributed by atoms with Crippen LogP contribution in [-0.2, 0) is 16.1 Å². The number of ether oxygens (including phenoxy) is 1. The van der Waals surface area contributed by atoms with Gasteiger partial charge in [-0.15, -0.1) is 0 Å². The molecule has 0 aliphatic heterocycles. The minimum Gasteiger partial charge on any atom is -0.381 e. The highest BCUT2D eigenvalue weighted by molar-refractivity contribution is 5.75. The molecule has 1 aromatic carbocycles. The summed E-state index contributed by atoms with van der Waals surface area (Å²) in [4.78, 5) is 15.5. The predicted octanol–water partition coefficient (Wildman–Crippen LogP) is 1.78. The van der Waals surface area contributed by atoms with E-state index in [0.29, 0.717) is 32.0 Å². The maximum atomic E-state index is 11.5. The standard InChI is InChI=1S/C14H17N3O3/c1-2-19-8-7-13(18)15-9-11-3-5-12(6-4-11)14-16-10-20-17-14/h3-6,10H,2,7-9H2,1H3,(H,15,18). The van der Waals surface area contributed by atoms with E-state index in [9.17, 15) is 4.79 Å². The molecular formula is C14H17N3O3. The van der Waals surface area contributed by atoms with Gasteiger partial charge in [0.2, 0.25) is 18.1 Å². The summed E-state index contributed by atoms with van der Waals surface area (Å²) in [6.07, 6.45) is 1.68. The van der Waals surface area contributed by atoms with Crippen molar-refractivity contribution in [3.63, 3.8) is 0 Å².